The van der Waals surface area contributed by atoms with Crippen molar-refractivity contribution in [3.8, 4) is 0 Å². The predicted molar refractivity (Wildman–Crippen MR) is 81.3 cm³/mol. The van der Waals surface area contributed by atoms with Gasteiger partial charge in [-0.1, -0.05) is 0 Å². The lowest BCUT2D eigenvalue weighted by molar-refractivity contribution is 0.261. The van der Waals surface area contributed by atoms with Gasteiger partial charge in [0.05, 0.1) is 4.90 Å². The smallest absolute Gasteiger partial charge is 0.240 e. The monoisotopic (exact) mass is 300 g/mol. The number of benzene rings is 1. The Kier molecular flexibility index (Phi) is 5.56. The molecule has 20 heavy (non-hydrogen) atoms. The van der Waals surface area contributed by atoms with Gasteiger partial charge >= 0.3 is 0 Å². The summed E-state index contributed by atoms with van der Waals surface area (Å²) in [6.45, 7) is 7.63. The van der Waals surface area contributed by atoms with E-state index in [0.717, 1.165) is 5.69 Å². The molecule has 0 amide bonds. The molecule has 0 atom stereocenters. The van der Waals surface area contributed by atoms with Gasteiger partial charge in [-0.05, 0) is 58.4 Å². The molecular formula is C14H24N2O3S. The van der Waals surface area contributed by atoms with Gasteiger partial charge in [0.2, 0.25) is 10.0 Å². The zero-order chi connectivity index (χ0) is 15.4. The summed E-state index contributed by atoms with van der Waals surface area (Å²) in [5.41, 5.74) is 0.581. The van der Waals surface area contributed by atoms with Crippen molar-refractivity contribution in [2.75, 3.05) is 11.9 Å². The van der Waals surface area contributed by atoms with Crippen LogP contribution in [0, 0.1) is 0 Å². The number of aliphatic hydroxyl groups excluding tert-OH is 1. The number of aliphatic hydroxyl groups is 1. The molecule has 5 nitrogen and oxygen atoms in total. The van der Waals surface area contributed by atoms with Crippen LogP contribution in [0.15, 0.2) is 29.2 Å². The van der Waals surface area contributed by atoms with Crippen LogP contribution in [0.1, 0.15) is 34.1 Å². The first kappa shape index (κ1) is 16.9. The molecule has 1 aromatic rings. The lowest BCUT2D eigenvalue weighted by Crippen LogP contribution is -2.32. The van der Waals surface area contributed by atoms with E-state index in [4.69, 9.17) is 5.11 Å². The Labute approximate surface area is 121 Å². The van der Waals surface area contributed by atoms with E-state index in [0.29, 0.717) is 6.42 Å². The first-order valence-corrected chi connectivity index (χ1v) is 8.16. The summed E-state index contributed by atoms with van der Waals surface area (Å²) in [5.74, 6) is 0. The van der Waals surface area contributed by atoms with E-state index in [1.165, 1.54) is 0 Å². The number of rotatable bonds is 7. The molecule has 0 radical (unpaired) electrons. The second-order valence-electron chi connectivity index (χ2n) is 5.78. The van der Waals surface area contributed by atoms with Gasteiger partial charge in [-0.25, -0.2) is 13.1 Å². The molecule has 0 aliphatic rings. The molecule has 3 N–H and O–H groups in total. The quantitative estimate of drug-likeness (QED) is 0.719. The number of anilines is 1. The van der Waals surface area contributed by atoms with Crippen LogP contribution in [0.2, 0.25) is 0 Å². The minimum atomic E-state index is -3.45. The lowest BCUT2D eigenvalue weighted by Gasteiger charge is -2.26. The maximum Gasteiger partial charge on any atom is 0.240 e. The highest BCUT2D eigenvalue weighted by atomic mass is 32.2. The molecule has 0 saturated carbocycles. The van der Waals surface area contributed by atoms with Crippen LogP contribution in [-0.2, 0) is 10.0 Å². The molecule has 0 saturated heterocycles. The molecule has 1 rings (SSSR count). The number of sulfonamides is 1. The van der Waals surface area contributed by atoms with E-state index in [-0.39, 0.29) is 23.1 Å². The van der Waals surface area contributed by atoms with E-state index in [1.54, 1.807) is 38.1 Å². The molecule has 0 bridgehead atoms. The van der Waals surface area contributed by atoms with Gasteiger partial charge < -0.3 is 10.4 Å². The predicted octanol–water partition coefficient (Wildman–Crippen LogP) is 1.95. The first-order chi connectivity index (χ1) is 9.16. The summed E-state index contributed by atoms with van der Waals surface area (Å²) >= 11 is 0. The van der Waals surface area contributed by atoms with E-state index >= 15 is 0 Å². The van der Waals surface area contributed by atoms with Gasteiger partial charge in [0.15, 0.2) is 0 Å². The normalized spacial score (nSPS) is 12.7. The van der Waals surface area contributed by atoms with E-state index in [9.17, 15) is 8.42 Å². The third-order valence-electron chi connectivity index (χ3n) is 2.77. The highest BCUT2D eigenvalue weighted by Crippen LogP contribution is 2.20. The molecule has 6 heteroatoms. The molecule has 1 aromatic carbocycles. The fraction of sp³-hybridized carbons (Fsp3) is 0.571. The summed E-state index contributed by atoms with van der Waals surface area (Å²) in [4.78, 5) is 0.247. The van der Waals surface area contributed by atoms with Gasteiger partial charge in [-0.3, -0.25) is 0 Å². The summed E-state index contributed by atoms with van der Waals surface area (Å²) < 4.78 is 26.5. The van der Waals surface area contributed by atoms with Gasteiger partial charge in [-0.2, -0.15) is 0 Å². The lowest BCUT2D eigenvalue weighted by atomic mass is 10.0. The zero-order valence-electron chi connectivity index (χ0n) is 12.5. The maximum atomic E-state index is 12.0. The minimum absolute atomic E-state index is 0.102. The average molecular weight is 300 g/mol. The van der Waals surface area contributed by atoms with E-state index in [1.807, 2.05) is 13.8 Å². The molecule has 0 aliphatic heterocycles. The Hall–Kier alpha value is -1.11. The van der Waals surface area contributed by atoms with Crippen molar-refractivity contribution < 1.29 is 13.5 Å². The Morgan fingerprint density at radius 2 is 1.75 bits per heavy atom. The Bertz CT molecular complexity index is 522. The molecule has 0 aromatic heterocycles. The number of hydrogen-bond acceptors (Lipinski definition) is 4. The first-order valence-electron chi connectivity index (χ1n) is 6.68. The molecule has 114 valence electrons. The van der Waals surface area contributed by atoms with E-state index in [2.05, 4.69) is 10.0 Å². The highest BCUT2D eigenvalue weighted by molar-refractivity contribution is 7.89. The van der Waals surface area contributed by atoms with Crippen LogP contribution in [-0.4, -0.2) is 31.7 Å². The molecule has 0 fully saturated rings. The van der Waals surface area contributed by atoms with Crippen LogP contribution in [0.3, 0.4) is 0 Å². The third-order valence-corrected chi connectivity index (χ3v) is 4.45. The molecular weight excluding hydrogens is 276 g/mol. The van der Waals surface area contributed by atoms with Crippen molar-refractivity contribution in [1.82, 2.24) is 4.72 Å². The Morgan fingerprint density at radius 3 is 2.20 bits per heavy atom. The Morgan fingerprint density at radius 1 is 1.20 bits per heavy atom. The van der Waals surface area contributed by atoms with Crippen molar-refractivity contribution in [3.05, 3.63) is 24.3 Å². The molecule has 0 aliphatic carbocycles. The molecule has 0 spiro atoms. The van der Waals surface area contributed by atoms with Crippen molar-refractivity contribution in [1.29, 1.82) is 0 Å². The summed E-state index contributed by atoms with van der Waals surface area (Å²) in [7, 11) is -3.45. The standard InChI is InChI=1S/C14H24N2O3S/c1-11(2)16-20(18,19)13-7-5-12(6-8-13)15-14(3,4)9-10-17/h5-8,11,15-17H,9-10H2,1-4H3. The zero-order valence-corrected chi connectivity index (χ0v) is 13.3. The summed E-state index contributed by atoms with van der Waals surface area (Å²) in [5, 5.41) is 12.3. The number of nitrogens with one attached hydrogen (secondary N) is 2. The fourth-order valence-electron chi connectivity index (χ4n) is 1.83. The Balaban J connectivity index is 2.84. The maximum absolute atomic E-state index is 12.0. The van der Waals surface area contributed by atoms with Crippen molar-refractivity contribution >= 4 is 15.7 Å². The second kappa shape index (κ2) is 6.56. The van der Waals surface area contributed by atoms with Gasteiger partial charge in [0.1, 0.15) is 0 Å². The fourth-order valence-corrected chi connectivity index (χ4v) is 3.08. The highest BCUT2D eigenvalue weighted by Gasteiger charge is 2.18. The minimum Gasteiger partial charge on any atom is -0.396 e. The van der Waals surface area contributed by atoms with Crippen LogP contribution >= 0.6 is 0 Å². The third kappa shape index (κ3) is 5.11. The van der Waals surface area contributed by atoms with Crippen molar-refractivity contribution in [2.24, 2.45) is 0 Å². The van der Waals surface area contributed by atoms with Crippen LogP contribution < -0.4 is 10.0 Å². The van der Waals surface area contributed by atoms with Crippen molar-refractivity contribution in [2.45, 2.75) is 50.6 Å². The van der Waals surface area contributed by atoms with Crippen LogP contribution in [0.25, 0.3) is 0 Å². The van der Waals surface area contributed by atoms with Crippen LogP contribution in [0.4, 0.5) is 5.69 Å². The summed E-state index contributed by atoms with van der Waals surface area (Å²) in [6, 6.07) is 6.47. The average Bonchev–Trinajstić information content (AvgIpc) is 2.27. The number of hydrogen-bond donors (Lipinski definition) is 3. The van der Waals surface area contributed by atoms with E-state index < -0.39 is 10.0 Å². The van der Waals surface area contributed by atoms with Crippen LogP contribution in [0.5, 0.6) is 0 Å². The van der Waals surface area contributed by atoms with Gasteiger partial charge in [-0.15, -0.1) is 0 Å². The SMILES string of the molecule is CC(C)NS(=O)(=O)c1ccc(NC(C)(C)CCO)cc1. The van der Waals surface area contributed by atoms with Gasteiger partial charge in [0.25, 0.3) is 0 Å². The van der Waals surface area contributed by atoms with Gasteiger partial charge in [0, 0.05) is 23.9 Å². The summed E-state index contributed by atoms with van der Waals surface area (Å²) in [6.07, 6.45) is 0.613. The topological polar surface area (TPSA) is 78.4 Å². The molecule has 0 heterocycles. The van der Waals surface area contributed by atoms with Crippen molar-refractivity contribution in [3.63, 3.8) is 0 Å². The molecule has 0 unspecified atom stereocenters. The largest absolute Gasteiger partial charge is 0.396 e. The second-order valence-corrected chi connectivity index (χ2v) is 7.50.